The monoisotopic (exact) mass is 382 g/mol. The average Bonchev–Trinajstić information content (AvgIpc) is 3.11. The van der Waals surface area contributed by atoms with Crippen LogP contribution < -0.4 is 4.72 Å². The Labute approximate surface area is 152 Å². The topological polar surface area (TPSA) is 49.4 Å². The molecular weight excluding hydrogens is 363 g/mol. The van der Waals surface area contributed by atoms with Gasteiger partial charge in [-0.2, -0.15) is 0 Å². The van der Waals surface area contributed by atoms with Crippen LogP contribution >= 0.6 is 11.6 Å². The predicted molar refractivity (Wildman–Crippen MR) is 96.6 cm³/mol. The van der Waals surface area contributed by atoms with Gasteiger partial charge in [0.15, 0.2) is 0 Å². The number of hydrogen-bond acceptors (Lipinski definition) is 3. The second-order valence-corrected chi connectivity index (χ2v) is 8.21. The number of rotatable bonds is 6. The highest BCUT2D eigenvalue weighted by atomic mass is 35.5. The van der Waals surface area contributed by atoms with Gasteiger partial charge in [0, 0.05) is 17.6 Å². The first kappa shape index (κ1) is 18.3. The van der Waals surface area contributed by atoms with Crippen LogP contribution in [0.15, 0.2) is 53.4 Å². The fourth-order valence-corrected chi connectivity index (χ4v) is 4.54. The van der Waals surface area contributed by atoms with E-state index in [9.17, 15) is 12.8 Å². The molecule has 1 saturated heterocycles. The lowest BCUT2D eigenvalue weighted by Crippen LogP contribution is -2.37. The Morgan fingerprint density at radius 3 is 2.40 bits per heavy atom. The zero-order valence-electron chi connectivity index (χ0n) is 13.7. The van der Waals surface area contributed by atoms with Crippen molar-refractivity contribution in [3.63, 3.8) is 0 Å². The first-order chi connectivity index (χ1) is 12.0. The third-order valence-electron chi connectivity index (χ3n) is 4.44. The summed E-state index contributed by atoms with van der Waals surface area (Å²) in [5.74, 6) is -0.759. The van der Waals surface area contributed by atoms with Crippen molar-refractivity contribution in [1.82, 2.24) is 9.62 Å². The number of nitrogens with one attached hydrogen (secondary N) is 1. The minimum absolute atomic E-state index is 0.139. The van der Waals surface area contributed by atoms with Crippen LogP contribution in [0, 0.1) is 5.82 Å². The highest BCUT2D eigenvalue weighted by Gasteiger charge is 2.27. The lowest BCUT2D eigenvalue weighted by atomic mass is 10.1. The Hall–Kier alpha value is -1.47. The SMILES string of the molecule is O=S(=O)(NC[C@@H](c1ccccc1Cl)N1CCCC1)c1ccccc1F. The quantitative estimate of drug-likeness (QED) is 0.830. The molecular formula is C18H20ClFN2O2S. The largest absolute Gasteiger partial charge is 0.295 e. The van der Waals surface area contributed by atoms with Crippen LogP contribution in [-0.2, 0) is 10.0 Å². The molecule has 1 aliphatic rings. The molecule has 7 heteroatoms. The van der Waals surface area contributed by atoms with E-state index in [1.807, 2.05) is 18.2 Å². The van der Waals surface area contributed by atoms with Crippen molar-refractivity contribution in [2.45, 2.75) is 23.8 Å². The molecule has 2 aromatic carbocycles. The number of likely N-dealkylation sites (tertiary alicyclic amines) is 1. The summed E-state index contributed by atoms with van der Waals surface area (Å²) < 4.78 is 41.4. The smallest absolute Gasteiger partial charge is 0.243 e. The first-order valence-electron chi connectivity index (χ1n) is 8.22. The summed E-state index contributed by atoms with van der Waals surface area (Å²) in [4.78, 5) is 1.87. The van der Waals surface area contributed by atoms with Crippen molar-refractivity contribution >= 4 is 21.6 Å². The maximum absolute atomic E-state index is 13.8. The summed E-state index contributed by atoms with van der Waals surface area (Å²) >= 11 is 6.33. The van der Waals surface area contributed by atoms with Crippen LogP contribution in [0.2, 0.25) is 5.02 Å². The van der Waals surface area contributed by atoms with Gasteiger partial charge >= 0.3 is 0 Å². The van der Waals surface area contributed by atoms with Gasteiger partial charge in [-0.25, -0.2) is 17.5 Å². The average molecular weight is 383 g/mol. The van der Waals surface area contributed by atoms with Crippen LogP contribution in [0.3, 0.4) is 0 Å². The Morgan fingerprint density at radius 2 is 1.72 bits per heavy atom. The molecule has 0 aromatic heterocycles. The van der Waals surface area contributed by atoms with Gasteiger partial charge in [0.1, 0.15) is 10.7 Å². The number of nitrogens with zero attached hydrogens (tertiary/aromatic N) is 1. The summed E-state index contributed by atoms with van der Waals surface area (Å²) in [5.41, 5.74) is 0.877. The summed E-state index contributed by atoms with van der Waals surface area (Å²) in [7, 11) is -3.93. The maximum atomic E-state index is 13.8. The fourth-order valence-electron chi connectivity index (χ4n) is 3.16. The van der Waals surface area contributed by atoms with Crippen LogP contribution in [0.1, 0.15) is 24.4 Å². The van der Waals surface area contributed by atoms with E-state index in [0.29, 0.717) is 5.02 Å². The molecule has 4 nitrogen and oxygen atoms in total. The Morgan fingerprint density at radius 1 is 1.08 bits per heavy atom. The van der Waals surface area contributed by atoms with Gasteiger partial charge in [-0.1, -0.05) is 41.9 Å². The number of halogens is 2. The normalized spacial score (nSPS) is 16.9. The van der Waals surface area contributed by atoms with Crippen molar-refractivity contribution in [3.8, 4) is 0 Å². The van der Waals surface area contributed by atoms with E-state index in [1.54, 1.807) is 6.07 Å². The Kier molecular flexibility index (Phi) is 5.74. The summed E-state index contributed by atoms with van der Waals surface area (Å²) in [5, 5.41) is 0.601. The minimum atomic E-state index is -3.93. The van der Waals surface area contributed by atoms with E-state index < -0.39 is 15.8 Å². The molecule has 0 bridgehead atoms. The van der Waals surface area contributed by atoms with Crippen molar-refractivity contribution < 1.29 is 12.8 Å². The van der Waals surface area contributed by atoms with E-state index >= 15 is 0 Å². The molecule has 0 amide bonds. The fraction of sp³-hybridized carbons (Fsp3) is 0.333. The van der Waals surface area contributed by atoms with Crippen molar-refractivity contribution in [1.29, 1.82) is 0 Å². The van der Waals surface area contributed by atoms with Crippen LogP contribution in [-0.4, -0.2) is 33.0 Å². The maximum Gasteiger partial charge on any atom is 0.243 e. The molecule has 0 unspecified atom stereocenters. The van der Waals surface area contributed by atoms with Gasteiger partial charge in [0.2, 0.25) is 10.0 Å². The molecule has 2 aromatic rings. The van der Waals surface area contributed by atoms with Gasteiger partial charge in [-0.05, 0) is 49.7 Å². The van der Waals surface area contributed by atoms with Crippen molar-refractivity contribution in [3.05, 3.63) is 64.9 Å². The molecule has 1 N–H and O–H groups in total. The van der Waals surface area contributed by atoms with Crippen molar-refractivity contribution in [2.75, 3.05) is 19.6 Å². The predicted octanol–water partition coefficient (Wildman–Crippen LogP) is 3.59. The standard InChI is InChI=1S/C18H20ClFN2O2S/c19-15-8-2-1-7-14(15)17(22-11-5-6-12-22)13-21-25(23,24)18-10-4-3-9-16(18)20/h1-4,7-10,17,21H,5-6,11-13H2/t17-/m0/s1. The summed E-state index contributed by atoms with van der Waals surface area (Å²) in [6, 6.07) is 12.6. The highest BCUT2D eigenvalue weighted by molar-refractivity contribution is 7.89. The third kappa shape index (κ3) is 4.20. The molecule has 1 aliphatic heterocycles. The van der Waals surface area contributed by atoms with E-state index in [4.69, 9.17) is 11.6 Å². The number of hydrogen-bond donors (Lipinski definition) is 1. The number of benzene rings is 2. The molecule has 0 spiro atoms. The van der Waals surface area contributed by atoms with Gasteiger partial charge in [0.05, 0.1) is 0 Å². The lowest BCUT2D eigenvalue weighted by Gasteiger charge is -2.28. The third-order valence-corrected chi connectivity index (χ3v) is 6.24. The van der Waals surface area contributed by atoms with Gasteiger partial charge in [-0.15, -0.1) is 0 Å². The molecule has 1 atom stereocenters. The Bertz CT molecular complexity index is 838. The molecule has 0 saturated carbocycles. The van der Waals surface area contributed by atoms with Crippen LogP contribution in [0.5, 0.6) is 0 Å². The van der Waals surface area contributed by atoms with Crippen LogP contribution in [0.4, 0.5) is 4.39 Å². The highest BCUT2D eigenvalue weighted by Crippen LogP contribution is 2.30. The lowest BCUT2D eigenvalue weighted by molar-refractivity contribution is 0.246. The second kappa shape index (κ2) is 7.83. The molecule has 0 radical (unpaired) electrons. The molecule has 0 aliphatic carbocycles. The number of sulfonamides is 1. The van der Waals surface area contributed by atoms with E-state index in [2.05, 4.69) is 9.62 Å². The second-order valence-electron chi connectivity index (χ2n) is 6.06. The van der Waals surface area contributed by atoms with Crippen LogP contribution in [0.25, 0.3) is 0 Å². The first-order valence-corrected chi connectivity index (χ1v) is 10.1. The zero-order chi connectivity index (χ0) is 17.9. The summed E-state index contributed by atoms with van der Waals surface area (Å²) in [6.45, 7) is 1.91. The summed E-state index contributed by atoms with van der Waals surface area (Å²) in [6.07, 6.45) is 2.14. The van der Waals surface area contributed by atoms with E-state index in [0.717, 1.165) is 37.6 Å². The van der Waals surface area contributed by atoms with Gasteiger partial charge < -0.3 is 0 Å². The van der Waals surface area contributed by atoms with Gasteiger partial charge in [0.25, 0.3) is 0 Å². The van der Waals surface area contributed by atoms with Gasteiger partial charge in [-0.3, -0.25) is 4.90 Å². The molecule has 1 heterocycles. The Balaban J connectivity index is 1.84. The molecule has 3 rings (SSSR count). The molecule has 25 heavy (non-hydrogen) atoms. The van der Waals surface area contributed by atoms with E-state index in [1.165, 1.54) is 18.2 Å². The van der Waals surface area contributed by atoms with Crippen molar-refractivity contribution in [2.24, 2.45) is 0 Å². The molecule has 134 valence electrons. The zero-order valence-corrected chi connectivity index (χ0v) is 15.2. The minimum Gasteiger partial charge on any atom is -0.295 e. The molecule has 1 fully saturated rings. The van der Waals surface area contributed by atoms with E-state index in [-0.39, 0.29) is 17.5 Å².